The third-order valence-electron chi connectivity index (χ3n) is 5.25. The van der Waals surface area contributed by atoms with Crippen LogP contribution in [0.25, 0.3) is 0 Å². The minimum Gasteiger partial charge on any atom is -0.259 e. The first kappa shape index (κ1) is 24.2. The van der Waals surface area contributed by atoms with E-state index in [1.807, 2.05) is 0 Å². The maximum absolute atomic E-state index is 10.9. The first-order valence-electron chi connectivity index (χ1n) is 9.42. The molecule has 0 bridgehead atoms. The van der Waals surface area contributed by atoms with Crippen molar-refractivity contribution in [2.24, 2.45) is 16.8 Å². The zero-order valence-electron chi connectivity index (χ0n) is 17.0. The highest BCUT2D eigenvalue weighted by Gasteiger charge is 2.47. The van der Waals surface area contributed by atoms with Crippen molar-refractivity contribution < 1.29 is 4.92 Å². The molecule has 2 unspecified atom stereocenters. The number of aliphatic imine (C=N–C) groups is 1. The van der Waals surface area contributed by atoms with Gasteiger partial charge in [0, 0.05) is 21.9 Å². The largest absolute Gasteiger partial charge is 0.269 e. The van der Waals surface area contributed by atoms with Crippen molar-refractivity contribution in [1.29, 1.82) is 5.26 Å². The minimum atomic E-state index is -0.382. The Bertz CT molecular complexity index is 808. The third kappa shape index (κ3) is 5.75. The maximum Gasteiger partial charge on any atom is 0.269 e. The van der Waals surface area contributed by atoms with Crippen molar-refractivity contribution in [2.75, 3.05) is 5.08 Å². The molecule has 29 heavy (non-hydrogen) atoms. The summed E-state index contributed by atoms with van der Waals surface area (Å²) in [5.41, 5.74) is -0.162. The monoisotopic (exact) mass is 467 g/mol. The summed E-state index contributed by atoms with van der Waals surface area (Å²) in [6.07, 6.45) is 2.05. The van der Waals surface area contributed by atoms with Gasteiger partial charge >= 0.3 is 0 Å². The molecule has 1 heterocycles. The average Bonchev–Trinajstić information content (AvgIpc) is 3.11. The molecule has 9 heteroatoms. The van der Waals surface area contributed by atoms with Gasteiger partial charge < -0.3 is 0 Å². The van der Waals surface area contributed by atoms with E-state index in [-0.39, 0.29) is 16.1 Å². The number of rotatable bonds is 9. The molecular weight excluding hydrogens is 443 g/mol. The highest BCUT2D eigenvalue weighted by molar-refractivity contribution is 8.43. The molecule has 0 spiro atoms. The SMILES string of the molecule is CCC(C)C1(C(C)CC)N=C(SCSC#N)SC1=CSc1ccc([N+](=O)[O-])cc1. The number of thiocyanates is 1. The average molecular weight is 468 g/mol. The fraction of sp³-hybridized carbons (Fsp3) is 0.500. The van der Waals surface area contributed by atoms with Crippen molar-refractivity contribution in [2.45, 2.75) is 51.0 Å². The summed E-state index contributed by atoms with van der Waals surface area (Å²) < 4.78 is 1.02. The summed E-state index contributed by atoms with van der Waals surface area (Å²) in [5.74, 6) is 0.769. The molecule has 0 radical (unpaired) electrons. The van der Waals surface area contributed by atoms with Gasteiger partial charge in [-0.1, -0.05) is 75.8 Å². The van der Waals surface area contributed by atoms with Gasteiger partial charge in [0.2, 0.25) is 0 Å². The highest BCUT2D eigenvalue weighted by atomic mass is 32.2. The van der Waals surface area contributed by atoms with Gasteiger partial charge in [0.15, 0.2) is 0 Å². The lowest BCUT2D eigenvalue weighted by Crippen LogP contribution is -2.40. The van der Waals surface area contributed by atoms with Crippen LogP contribution in [0, 0.1) is 32.6 Å². The second kappa shape index (κ2) is 11.3. The molecule has 2 atom stereocenters. The van der Waals surface area contributed by atoms with E-state index in [1.165, 1.54) is 28.8 Å². The van der Waals surface area contributed by atoms with E-state index in [1.54, 1.807) is 47.4 Å². The fourth-order valence-electron chi connectivity index (χ4n) is 3.27. The molecule has 0 amide bonds. The van der Waals surface area contributed by atoms with Crippen LogP contribution >= 0.6 is 47.0 Å². The zero-order chi connectivity index (χ0) is 21.4. The first-order valence-corrected chi connectivity index (χ1v) is 13.1. The van der Waals surface area contributed by atoms with Crippen LogP contribution in [0.1, 0.15) is 40.5 Å². The molecular formula is C20H25N3O2S4. The molecule has 0 aliphatic carbocycles. The van der Waals surface area contributed by atoms with Crippen LogP contribution < -0.4 is 0 Å². The van der Waals surface area contributed by atoms with E-state index in [9.17, 15) is 10.1 Å². The van der Waals surface area contributed by atoms with Gasteiger partial charge in [-0.3, -0.25) is 15.1 Å². The van der Waals surface area contributed by atoms with Gasteiger partial charge in [-0.2, -0.15) is 5.26 Å². The molecule has 0 saturated heterocycles. The number of nitro benzene ring substituents is 1. The van der Waals surface area contributed by atoms with E-state index in [2.05, 4.69) is 38.5 Å². The molecule has 1 aromatic rings. The molecule has 5 nitrogen and oxygen atoms in total. The van der Waals surface area contributed by atoms with E-state index in [4.69, 9.17) is 10.3 Å². The number of nitrogens with zero attached hydrogens (tertiary/aromatic N) is 3. The summed E-state index contributed by atoms with van der Waals surface area (Å²) in [4.78, 5) is 17.9. The number of nitriles is 1. The minimum absolute atomic E-state index is 0.0998. The number of hydrogen-bond donors (Lipinski definition) is 0. The third-order valence-corrected chi connectivity index (χ3v) is 9.24. The normalized spacial score (nSPS) is 22.2. The van der Waals surface area contributed by atoms with Gasteiger partial charge in [0.25, 0.3) is 5.69 Å². The van der Waals surface area contributed by atoms with E-state index >= 15 is 0 Å². The van der Waals surface area contributed by atoms with Gasteiger partial charge in [0.1, 0.15) is 9.78 Å². The van der Waals surface area contributed by atoms with Crippen molar-refractivity contribution in [3.8, 4) is 5.40 Å². The quantitative estimate of drug-likeness (QED) is 0.0936. The van der Waals surface area contributed by atoms with Gasteiger partial charge in [0.05, 0.1) is 15.5 Å². The second-order valence-corrected chi connectivity index (χ2v) is 11.1. The zero-order valence-corrected chi connectivity index (χ0v) is 20.2. The molecule has 1 aliphatic rings. The lowest BCUT2D eigenvalue weighted by molar-refractivity contribution is -0.384. The van der Waals surface area contributed by atoms with Crippen LogP contribution in [0.2, 0.25) is 0 Å². The number of non-ortho nitro benzene ring substituents is 1. The van der Waals surface area contributed by atoms with Crippen LogP contribution in [0.3, 0.4) is 0 Å². The Hall–Kier alpha value is -1.08. The molecule has 1 aliphatic heterocycles. The predicted octanol–water partition coefficient (Wildman–Crippen LogP) is 7.37. The molecule has 0 saturated carbocycles. The summed E-state index contributed by atoms with van der Waals surface area (Å²) in [6, 6.07) is 6.65. The molecule has 0 fully saturated rings. The van der Waals surface area contributed by atoms with Crippen LogP contribution in [0.5, 0.6) is 0 Å². The lowest BCUT2D eigenvalue weighted by Gasteiger charge is -2.38. The molecule has 156 valence electrons. The maximum atomic E-state index is 10.9. The Morgan fingerprint density at radius 3 is 2.41 bits per heavy atom. The number of thioether (sulfide) groups is 4. The van der Waals surface area contributed by atoms with Crippen molar-refractivity contribution >= 4 is 57.1 Å². The highest BCUT2D eigenvalue weighted by Crippen LogP contribution is 2.53. The van der Waals surface area contributed by atoms with Gasteiger partial charge in [-0.05, 0) is 41.1 Å². The summed E-state index contributed by atoms with van der Waals surface area (Å²) in [5, 5.41) is 24.6. The molecule has 0 N–H and O–H groups in total. The number of nitro groups is 1. The second-order valence-electron chi connectivity index (χ2n) is 6.77. The number of benzene rings is 1. The van der Waals surface area contributed by atoms with Crippen LogP contribution in [-0.2, 0) is 0 Å². The summed E-state index contributed by atoms with van der Waals surface area (Å²) in [7, 11) is 0. The van der Waals surface area contributed by atoms with E-state index in [0.29, 0.717) is 16.9 Å². The Labute approximate surface area is 189 Å². The smallest absolute Gasteiger partial charge is 0.259 e. The topological polar surface area (TPSA) is 79.3 Å². The van der Waals surface area contributed by atoms with Crippen LogP contribution in [0.4, 0.5) is 5.69 Å². The van der Waals surface area contributed by atoms with Crippen molar-refractivity contribution in [3.05, 3.63) is 44.7 Å². The lowest BCUT2D eigenvalue weighted by atomic mass is 9.73. The number of hydrogen-bond acceptors (Lipinski definition) is 8. The summed E-state index contributed by atoms with van der Waals surface area (Å²) in [6.45, 7) is 8.93. The fourth-order valence-corrected chi connectivity index (χ4v) is 7.34. The molecule has 0 aromatic heterocycles. The summed E-state index contributed by atoms with van der Waals surface area (Å²) >= 11 is 6.14. The Morgan fingerprint density at radius 2 is 1.90 bits per heavy atom. The predicted molar refractivity (Wildman–Crippen MR) is 129 cm³/mol. The molecule has 1 aromatic carbocycles. The van der Waals surface area contributed by atoms with Crippen molar-refractivity contribution in [1.82, 2.24) is 0 Å². The van der Waals surface area contributed by atoms with Gasteiger partial charge in [-0.15, -0.1) is 0 Å². The standard InChI is InChI=1S/C20H25N3O2S4/c1-5-14(3)20(15(4)6-2)18(29-19(22-20)28-13-26-12-21)11-27-17-9-7-16(8-10-17)23(24)25/h7-11,14-15H,5-6,13H2,1-4H3. The van der Waals surface area contributed by atoms with Crippen molar-refractivity contribution in [3.63, 3.8) is 0 Å². The Morgan fingerprint density at radius 1 is 1.28 bits per heavy atom. The first-order chi connectivity index (χ1) is 13.9. The Kier molecular flexibility index (Phi) is 9.47. The molecule has 2 rings (SSSR count). The van der Waals surface area contributed by atoms with Gasteiger partial charge in [-0.25, -0.2) is 0 Å². The van der Waals surface area contributed by atoms with Crippen LogP contribution in [-0.4, -0.2) is 19.9 Å². The van der Waals surface area contributed by atoms with E-state index in [0.717, 1.165) is 22.1 Å². The van der Waals surface area contributed by atoms with Crippen LogP contribution in [0.15, 0.2) is 44.5 Å². The van der Waals surface area contributed by atoms with E-state index < -0.39 is 0 Å². The Balaban J connectivity index is 2.34.